The van der Waals surface area contributed by atoms with Crippen LogP contribution in [0.15, 0.2) is 30.3 Å². The first-order chi connectivity index (χ1) is 27.7. The van der Waals surface area contributed by atoms with Gasteiger partial charge in [-0.25, -0.2) is 0 Å². The maximum atomic E-state index is 7.08. The lowest BCUT2D eigenvalue weighted by Gasteiger charge is -2.40. The Bertz CT molecular complexity index is 929. The molecule has 0 aromatic heterocycles. The fourth-order valence-electron chi connectivity index (χ4n) is 8.36. The molecule has 0 aliphatic rings. The number of hydrogen-bond donors (Lipinski definition) is 0. The highest BCUT2D eigenvalue weighted by atomic mass is 16.9. The zero-order chi connectivity index (χ0) is 42.9. The number of unbranched alkanes of at least 4 members (excludes halogenated alkanes) is 23. The van der Waals surface area contributed by atoms with Crippen molar-refractivity contribution in [1.29, 1.82) is 0 Å². The van der Waals surface area contributed by atoms with E-state index >= 15 is 0 Å². The third kappa shape index (κ3) is 32.8. The maximum absolute atomic E-state index is 7.08. The fraction of sp³-hybridized carbons (Fsp3) is 0.891. The van der Waals surface area contributed by atoms with Crippen molar-refractivity contribution in [3.63, 3.8) is 0 Å². The van der Waals surface area contributed by atoms with Gasteiger partial charge in [0.05, 0.1) is 25.7 Å². The molecule has 0 heterocycles. The Morgan fingerprint density at radius 1 is 0.362 bits per heavy atom. The molecule has 0 radical (unpaired) electrons. The molecule has 1 atom stereocenters. The van der Waals surface area contributed by atoms with Crippen LogP contribution in [0.2, 0.25) is 0 Å². The molecule has 1 unspecified atom stereocenters. The lowest BCUT2D eigenvalue weighted by atomic mass is 9.89. The second kappa shape index (κ2) is 33.7. The third-order valence-corrected chi connectivity index (χ3v) is 12.1. The smallest absolute Gasteiger partial charge is 0.290 e. The molecule has 1 aromatic carbocycles. The predicted octanol–water partition coefficient (Wildman–Crippen LogP) is 18.7. The van der Waals surface area contributed by atoms with Crippen molar-refractivity contribution in [1.82, 2.24) is 0 Å². The zero-order valence-corrected chi connectivity index (χ0v) is 41.2. The Morgan fingerprint density at radius 2 is 0.655 bits per heavy atom. The molecule has 342 valence electrons. The average molecular weight is 813 g/mol. The molecule has 0 fully saturated rings. The molecule has 3 heteroatoms. The molecule has 0 aliphatic carbocycles. The van der Waals surface area contributed by atoms with E-state index in [1.165, 1.54) is 179 Å². The Morgan fingerprint density at radius 3 is 0.983 bits per heavy atom. The van der Waals surface area contributed by atoms with Crippen LogP contribution in [0.3, 0.4) is 0 Å². The van der Waals surface area contributed by atoms with Gasteiger partial charge in [0, 0.05) is 0 Å². The van der Waals surface area contributed by atoms with Crippen molar-refractivity contribution in [3.05, 3.63) is 35.9 Å². The first kappa shape index (κ1) is 55.1. The highest BCUT2D eigenvalue weighted by Gasteiger charge is 2.43. The molecule has 0 N–H and O–H groups in total. The number of benzene rings is 1. The summed E-state index contributed by atoms with van der Waals surface area (Å²) in [5.74, 6) is -0.967. The number of ether oxygens (including phenoxy) is 3. The van der Waals surface area contributed by atoms with Gasteiger partial charge in [-0.15, -0.1) is 0 Å². The van der Waals surface area contributed by atoms with Gasteiger partial charge < -0.3 is 14.2 Å². The first-order valence-electron chi connectivity index (χ1n) is 25.6. The largest absolute Gasteiger partial charge is 0.327 e. The lowest BCUT2D eigenvalue weighted by molar-refractivity contribution is -0.393. The molecular weight excluding hydrogens is 709 g/mol. The van der Waals surface area contributed by atoms with Gasteiger partial charge in [-0.2, -0.15) is 0 Å². The van der Waals surface area contributed by atoms with Crippen LogP contribution in [0.1, 0.15) is 280 Å². The van der Waals surface area contributed by atoms with E-state index in [0.717, 1.165) is 25.7 Å². The molecule has 1 rings (SSSR count). The van der Waals surface area contributed by atoms with Crippen LogP contribution in [0.25, 0.3) is 0 Å². The van der Waals surface area contributed by atoms with Gasteiger partial charge >= 0.3 is 0 Å². The van der Waals surface area contributed by atoms with E-state index in [1.54, 1.807) is 0 Å². The minimum Gasteiger partial charge on any atom is -0.327 e. The molecule has 0 aliphatic heterocycles. The van der Waals surface area contributed by atoms with Crippen molar-refractivity contribution >= 4 is 0 Å². The molecule has 0 spiro atoms. The summed E-state index contributed by atoms with van der Waals surface area (Å²) >= 11 is 0. The lowest BCUT2D eigenvalue weighted by Crippen LogP contribution is -2.46. The van der Waals surface area contributed by atoms with Crippen LogP contribution in [0, 0.1) is 16.2 Å². The SMILES string of the molecule is CCCCCCCCC(c1ccccc1)C(OCCCCCCCCCC(C)(C)C)(OCCCCCCCCCC(C)(C)C)OCCCCCCCCCC(C)(C)C. The van der Waals surface area contributed by atoms with Crippen LogP contribution >= 0.6 is 0 Å². The van der Waals surface area contributed by atoms with E-state index in [2.05, 4.69) is 99.6 Å². The normalized spacial score (nSPS) is 13.4. The van der Waals surface area contributed by atoms with Gasteiger partial charge in [0.2, 0.25) is 0 Å². The summed E-state index contributed by atoms with van der Waals surface area (Å²) in [6, 6.07) is 11.1. The van der Waals surface area contributed by atoms with E-state index in [4.69, 9.17) is 14.2 Å². The van der Waals surface area contributed by atoms with Crippen molar-refractivity contribution in [2.45, 2.75) is 280 Å². The third-order valence-electron chi connectivity index (χ3n) is 12.1. The molecule has 0 amide bonds. The van der Waals surface area contributed by atoms with Crippen molar-refractivity contribution < 1.29 is 14.2 Å². The highest BCUT2D eigenvalue weighted by Crippen LogP contribution is 2.39. The minimum atomic E-state index is -1.03. The van der Waals surface area contributed by atoms with Crippen molar-refractivity contribution in [2.24, 2.45) is 16.2 Å². The molecule has 0 saturated heterocycles. The van der Waals surface area contributed by atoms with E-state index in [-0.39, 0.29) is 5.92 Å². The summed E-state index contributed by atoms with van der Waals surface area (Å²) in [5, 5.41) is 0. The van der Waals surface area contributed by atoms with Gasteiger partial charge in [-0.05, 0) is 66.8 Å². The zero-order valence-electron chi connectivity index (χ0n) is 41.2. The molecule has 3 nitrogen and oxygen atoms in total. The Balaban J connectivity index is 2.99. The minimum absolute atomic E-state index is 0.0633. The Labute approximate surface area is 365 Å². The predicted molar refractivity (Wildman–Crippen MR) is 257 cm³/mol. The number of hydrogen-bond acceptors (Lipinski definition) is 3. The fourth-order valence-corrected chi connectivity index (χ4v) is 8.36. The molecule has 0 saturated carbocycles. The summed E-state index contributed by atoms with van der Waals surface area (Å²) in [5.41, 5.74) is 2.67. The van der Waals surface area contributed by atoms with Gasteiger partial charge in [-0.3, -0.25) is 0 Å². The van der Waals surface area contributed by atoms with Crippen molar-refractivity contribution in [3.8, 4) is 0 Å². The van der Waals surface area contributed by atoms with E-state index in [0.29, 0.717) is 36.1 Å². The highest BCUT2D eigenvalue weighted by molar-refractivity contribution is 5.21. The number of rotatable bonds is 39. The topological polar surface area (TPSA) is 27.7 Å². The Kier molecular flexibility index (Phi) is 32.0. The monoisotopic (exact) mass is 813 g/mol. The first-order valence-corrected chi connectivity index (χ1v) is 25.6. The van der Waals surface area contributed by atoms with Gasteiger partial charge in [0.1, 0.15) is 0 Å². The van der Waals surface area contributed by atoms with E-state index < -0.39 is 5.97 Å². The van der Waals surface area contributed by atoms with Crippen LogP contribution in [0.4, 0.5) is 0 Å². The Hall–Kier alpha value is -0.900. The summed E-state index contributed by atoms with van der Waals surface area (Å²) in [4.78, 5) is 0. The van der Waals surface area contributed by atoms with E-state index in [1.807, 2.05) is 0 Å². The second-order valence-electron chi connectivity index (χ2n) is 22.0. The van der Waals surface area contributed by atoms with Gasteiger partial charge in [0.15, 0.2) is 0 Å². The van der Waals surface area contributed by atoms with E-state index in [9.17, 15) is 0 Å². The molecule has 1 aromatic rings. The summed E-state index contributed by atoms with van der Waals surface area (Å²) in [7, 11) is 0. The maximum Gasteiger partial charge on any atom is 0.290 e. The average Bonchev–Trinajstić information content (AvgIpc) is 3.15. The van der Waals surface area contributed by atoms with Gasteiger partial charge in [0.25, 0.3) is 5.97 Å². The van der Waals surface area contributed by atoms with Crippen LogP contribution in [0.5, 0.6) is 0 Å². The van der Waals surface area contributed by atoms with Crippen LogP contribution in [-0.4, -0.2) is 25.8 Å². The van der Waals surface area contributed by atoms with Crippen molar-refractivity contribution in [2.75, 3.05) is 19.8 Å². The van der Waals surface area contributed by atoms with Crippen LogP contribution < -0.4 is 0 Å². The second-order valence-corrected chi connectivity index (χ2v) is 22.0. The quantitative estimate of drug-likeness (QED) is 0.0490. The summed E-state index contributed by atoms with van der Waals surface area (Å²) in [6.45, 7) is 25.7. The molecular formula is C55H104O3. The van der Waals surface area contributed by atoms with Crippen LogP contribution in [-0.2, 0) is 14.2 Å². The molecule has 0 bridgehead atoms. The molecule has 58 heavy (non-hydrogen) atoms. The summed E-state index contributed by atoms with van der Waals surface area (Å²) < 4.78 is 21.2. The standard InChI is InChI=1S/C55H104O3/c1-11-12-13-14-24-34-43-51(50-41-32-31-33-42-50)55(56-47-38-28-21-15-18-25-35-44-52(2,3)4,57-48-39-29-22-16-19-26-36-45-53(5,6)7)58-49-40-30-23-17-20-27-37-46-54(8,9)10/h31-33,41-42,51H,11-30,34-40,43-49H2,1-10H3. The van der Waals surface area contributed by atoms with Gasteiger partial charge in [-0.1, -0.05) is 254 Å². The summed E-state index contributed by atoms with van der Waals surface area (Å²) in [6.07, 6.45) is 39.7.